The zero-order valence-electron chi connectivity index (χ0n) is 33.2. The summed E-state index contributed by atoms with van der Waals surface area (Å²) in [5.74, 6) is 0. The molecule has 12 aromatic rings. The van der Waals surface area contributed by atoms with E-state index in [2.05, 4.69) is 228 Å². The molecule has 12 rings (SSSR count). The highest BCUT2D eigenvalue weighted by molar-refractivity contribution is 6.10. The second-order valence-corrected chi connectivity index (χ2v) is 15.8. The molecule has 0 N–H and O–H groups in total. The van der Waals surface area contributed by atoms with Gasteiger partial charge < -0.3 is 13.9 Å². The van der Waals surface area contributed by atoms with Crippen molar-refractivity contribution in [1.29, 1.82) is 0 Å². The number of aromatic nitrogens is 1. The SMILES string of the molecule is c1ccc(-c2ccc(N(c3cccc(-c4cccc(-c5ccc6c7ccccc7n(-c7ccc8ccccc8c7)c6c5)c4)c3)c3ccc4c(c3)oc3ccccc34)cc2)cc1. The number of hydrogen-bond acceptors (Lipinski definition) is 2. The summed E-state index contributed by atoms with van der Waals surface area (Å²) in [4.78, 5) is 2.33. The van der Waals surface area contributed by atoms with Crippen LogP contribution >= 0.6 is 0 Å². The van der Waals surface area contributed by atoms with Crippen LogP contribution in [0.25, 0.3) is 93.6 Å². The van der Waals surface area contributed by atoms with Gasteiger partial charge in [-0.2, -0.15) is 0 Å². The maximum Gasteiger partial charge on any atom is 0.137 e. The lowest BCUT2D eigenvalue weighted by atomic mass is 9.97. The molecule has 2 aromatic heterocycles. The molecular formula is C58H38N2O. The summed E-state index contributed by atoms with van der Waals surface area (Å²) >= 11 is 0. The third kappa shape index (κ3) is 6.06. The molecule has 0 aliphatic heterocycles. The molecule has 2 heterocycles. The van der Waals surface area contributed by atoms with Gasteiger partial charge in [-0.15, -0.1) is 0 Å². The molecule has 0 radical (unpaired) electrons. The molecule has 61 heavy (non-hydrogen) atoms. The van der Waals surface area contributed by atoms with Crippen molar-refractivity contribution in [3.05, 3.63) is 231 Å². The Morgan fingerprint density at radius 2 is 0.869 bits per heavy atom. The fraction of sp³-hybridized carbons (Fsp3) is 0. The average molecular weight is 779 g/mol. The highest BCUT2D eigenvalue weighted by atomic mass is 16.3. The number of furan rings is 1. The number of nitrogens with zero attached hydrogens (tertiary/aromatic N) is 2. The molecule has 0 amide bonds. The summed E-state index contributed by atoms with van der Waals surface area (Å²) in [5, 5.41) is 7.20. The Hall–Kier alpha value is -8.14. The Morgan fingerprint density at radius 1 is 0.295 bits per heavy atom. The summed E-state index contributed by atoms with van der Waals surface area (Å²) in [7, 11) is 0. The van der Waals surface area contributed by atoms with Gasteiger partial charge in [0.05, 0.1) is 11.0 Å². The smallest absolute Gasteiger partial charge is 0.137 e. The monoisotopic (exact) mass is 778 g/mol. The predicted octanol–water partition coefficient (Wildman–Crippen LogP) is 16.3. The van der Waals surface area contributed by atoms with E-state index in [4.69, 9.17) is 4.42 Å². The van der Waals surface area contributed by atoms with Gasteiger partial charge in [0.2, 0.25) is 0 Å². The summed E-state index contributed by atoms with van der Waals surface area (Å²) in [5.41, 5.74) is 15.5. The zero-order valence-corrected chi connectivity index (χ0v) is 33.2. The Balaban J connectivity index is 0.956. The molecule has 0 unspecified atom stereocenters. The van der Waals surface area contributed by atoms with Crippen LogP contribution in [0.5, 0.6) is 0 Å². The number of fused-ring (bicyclic) bond motifs is 7. The van der Waals surface area contributed by atoms with E-state index in [1.54, 1.807) is 0 Å². The molecule has 10 aromatic carbocycles. The summed E-state index contributed by atoms with van der Waals surface area (Å²) in [6.07, 6.45) is 0. The van der Waals surface area contributed by atoms with Crippen molar-refractivity contribution in [3.8, 4) is 39.1 Å². The Morgan fingerprint density at radius 3 is 1.72 bits per heavy atom. The van der Waals surface area contributed by atoms with E-state index >= 15 is 0 Å². The molecule has 3 nitrogen and oxygen atoms in total. The van der Waals surface area contributed by atoms with Crippen LogP contribution in [0.15, 0.2) is 235 Å². The Kier molecular flexibility index (Phi) is 8.17. The Bertz CT molecular complexity index is 3600. The normalized spacial score (nSPS) is 11.6. The van der Waals surface area contributed by atoms with Crippen molar-refractivity contribution >= 4 is 71.6 Å². The van der Waals surface area contributed by atoms with Crippen LogP contribution in [0, 0.1) is 0 Å². The van der Waals surface area contributed by atoms with Crippen LogP contribution < -0.4 is 4.90 Å². The molecule has 0 aliphatic carbocycles. The number of para-hydroxylation sites is 2. The number of rotatable bonds is 7. The maximum absolute atomic E-state index is 6.41. The third-order valence-electron chi connectivity index (χ3n) is 12.2. The minimum atomic E-state index is 0.866. The van der Waals surface area contributed by atoms with Crippen LogP contribution in [0.1, 0.15) is 0 Å². The van der Waals surface area contributed by atoms with E-state index in [0.29, 0.717) is 0 Å². The maximum atomic E-state index is 6.41. The summed E-state index contributed by atoms with van der Waals surface area (Å²) < 4.78 is 8.82. The van der Waals surface area contributed by atoms with Crippen LogP contribution in [0.2, 0.25) is 0 Å². The van der Waals surface area contributed by atoms with Gasteiger partial charge in [0.15, 0.2) is 0 Å². The fourth-order valence-electron chi connectivity index (χ4n) is 9.18. The van der Waals surface area contributed by atoms with Gasteiger partial charge in [0, 0.05) is 50.4 Å². The molecule has 0 bridgehead atoms. The molecule has 286 valence electrons. The van der Waals surface area contributed by atoms with Crippen LogP contribution in [-0.4, -0.2) is 4.57 Å². The first-order chi connectivity index (χ1) is 30.2. The molecule has 0 saturated carbocycles. The quantitative estimate of drug-likeness (QED) is 0.161. The topological polar surface area (TPSA) is 21.3 Å². The first-order valence-corrected chi connectivity index (χ1v) is 20.8. The van der Waals surface area contributed by atoms with Gasteiger partial charge in [-0.05, 0) is 117 Å². The molecule has 0 atom stereocenters. The van der Waals surface area contributed by atoms with Crippen molar-refractivity contribution in [2.75, 3.05) is 4.90 Å². The van der Waals surface area contributed by atoms with E-state index in [1.807, 2.05) is 12.1 Å². The van der Waals surface area contributed by atoms with Gasteiger partial charge in [0.1, 0.15) is 11.2 Å². The second-order valence-electron chi connectivity index (χ2n) is 15.8. The van der Waals surface area contributed by atoms with E-state index in [0.717, 1.165) is 55.8 Å². The molecule has 0 spiro atoms. The largest absolute Gasteiger partial charge is 0.456 e. The predicted molar refractivity (Wildman–Crippen MR) is 257 cm³/mol. The van der Waals surface area contributed by atoms with Crippen molar-refractivity contribution in [2.24, 2.45) is 0 Å². The minimum absolute atomic E-state index is 0.866. The minimum Gasteiger partial charge on any atom is -0.456 e. The van der Waals surface area contributed by atoms with Gasteiger partial charge >= 0.3 is 0 Å². The van der Waals surface area contributed by atoms with Gasteiger partial charge in [-0.1, -0.05) is 152 Å². The van der Waals surface area contributed by atoms with Crippen molar-refractivity contribution in [3.63, 3.8) is 0 Å². The zero-order chi connectivity index (χ0) is 40.3. The van der Waals surface area contributed by atoms with Gasteiger partial charge in [-0.3, -0.25) is 0 Å². The van der Waals surface area contributed by atoms with Crippen LogP contribution in [0.4, 0.5) is 17.1 Å². The van der Waals surface area contributed by atoms with Crippen molar-refractivity contribution in [2.45, 2.75) is 0 Å². The van der Waals surface area contributed by atoms with E-state index in [1.165, 1.54) is 54.8 Å². The fourth-order valence-corrected chi connectivity index (χ4v) is 9.18. The summed E-state index contributed by atoms with van der Waals surface area (Å²) in [6, 6.07) is 83.0. The highest BCUT2D eigenvalue weighted by Crippen LogP contribution is 2.41. The van der Waals surface area contributed by atoms with Gasteiger partial charge in [-0.25, -0.2) is 0 Å². The summed E-state index contributed by atoms with van der Waals surface area (Å²) in [6.45, 7) is 0. The number of hydrogen-bond donors (Lipinski definition) is 0. The number of anilines is 3. The lowest BCUT2D eigenvalue weighted by Crippen LogP contribution is -2.10. The average Bonchev–Trinajstić information content (AvgIpc) is 3.87. The molecular weight excluding hydrogens is 741 g/mol. The molecule has 0 fully saturated rings. The van der Waals surface area contributed by atoms with E-state index in [-0.39, 0.29) is 0 Å². The van der Waals surface area contributed by atoms with Gasteiger partial charge in [0.25, 0.3) is 0 Å². The first kappa shape index (κ1) is 34.9. The Labute approximate surface area is 353 Å². The van der Waals surface area contributed by atoms with E-state index < -0.39 is 0 Å². The van der Waals surface area contributed by atoms with E-state index in [9.17, 15) is 0 Å². The third-order valence-corrected chi connectivity index (χ3v) is 12.2. The lowest BCUT2D eigenvalue weighted by molar-refractivity contribution is 0.669. The van der Waals surface area contributed by atoms with Crippen molar-refractivity contribution < 1.29 is 4.42 Å². The highest BCUT2D eigenvalue weighted by Gasteiger charge is 2.18. The van der Waals surface area contributed by atoms with Crippen LogP contribution in [-0.2, 0) is 0 Å². The van der Waals surface area contributed by atoms with Crippen LogP contribution in [0.3, 0.4) is 0 Å². The standard InChI is InChI=1S/C58H38N2O/c1-2-12-39(13-3-1)41-24-28-47(29-25-41)59(50-31-33-54-53-21-7-9-23-57(53)61-58(54)38-50)48-19-11-18-45(36-48)42-16-10-17-43(34-42)46-27-32-52-51-20-6-8-22-55(51)60(56(52)37-46)49-30-26-40-14-4-5-15-44(40)35-49/h1-38H. The first-order valence-electron chi connectivity index (χ1n) is 20.8. The molecule has 0 saturated heterocycles. The second kappa shape index (κ2) is 14.3. The van der Waals surface area contributed by atoms with Crippen molar-refractivity contribution in [1.82, 2.24) is 4.57 Å². The lowest BCUT2D eigenvalue weighted by Gasteiger charge is -2.26. The molecule has 0 aliphatic rings. The number of benzene rings is 10. The molecule has 3 heteroatoms.